The van der Waals surface area contributed by atoms with Crippen molar-refractivity contribution in [2.24, 2.45) is 0 Å². The second-order valence-corrected chi connectivity index (χ2v) is 9.04. The summed E-state index contributed by atoms with van der Waals surface area (Å²) in [6, 6.07) is 15.5. The van der Waals surface area contributed by atoms with Gasteiger partial charge in [-0.2, -0.15) is 0 Å². The van der Waals surface area contributed by atoms with Gasteiger partial charge in [0, 0.05) is 15.3 Å². The van der Waals surface area contributed by atoms with Gasteiger partial charge in [0.1, 0.15) is 16.5 Å². The minimum absolute atomic E-state index is 0.158. The van der Waals surface area contributed by atoms with Gasteiger partial charge < -0.3 is 19.9 Å². The van der Waals surface area contributed by atoms with Crippen LogP contribution in [0.2, 0.25) is 0 Å². The van der Waals surface area contributed by atoms with Gasteiger partial charge in [0.2, 0.25) is 5.91 Å². The minimum Gasteiger partial charge on any atom is -0.497 e. The quantitative estimate of drug-likeness (QED) is 0.299. The predicted octanol–water partition coefficient (Wildman–Crippen LogP) is 4.74. The number of hydrogen-bond acceptors (Lipinski definition) is 7. The minimum atomic E-state index is -1.05. The molecule has 0 saturated carbocycles. The van der Waals surface area contributed by atoms with Crippen LogP contribution in [0.3, 0.4) is 0 Å². The molecular weight excluding hydrogens is 462 g/mol. The molecule has 3 aromatic rings. The monoisotopic (exact) mass is 485 g/mol. The first-order chi connectivity index (χ1) is 15.9. The summed E-state index contributed by atoms with van der Waals surface area (Å²) in [4.78, 5) is 38.0. The molecule has 2 N–H and O–H groups in total. The fraction of sp³-hybridized carbons (Fsp3) is 0.208. The number of ketones is 1. The largest absolute Gasteiger partial charge is 0.497 e. The zero-order valence-corrected chi connectivity index (χ0v) is 19.8. The number of aliphatic carboxylic acids is 1. The van der Waals surface area contributed by atoms with E-state index in [1.807, 2.05) is 13.0 Å². The zero-order valence-electron chi connectivity index (χ0n) is 18.1. The van der Waals surface area contributed by atoms with Gasteiger partial charge >= 0.3 is 5.97 Å². The number of anilines is 1. The number of amides is 1. The number of ether oxygens (including phenoxy) is 2. The number of carbonyl (C=O) groups excluding carboxylic acids is 2. The van der Waals surface area contributed by atoms with Crippen molar-refractivity contribution in [3.05, 3.63) is 70.6 Å². The van der Waals surface area contributed by atoms with Gasteiger partial charge in [0.25, 0.3) is 0 Å². The smallest absolute Gasteiger partial charge is 0.341 e. The van der Waals surface area contributed by atoms with E-state index in [0.717, 1.165) is 16.2 Å². The molecule has 172 valence electrons. The van der Waals surface area contributed by atoms with E-state index in [0.29, 0.717) is 27.6 Å². The maximum absolute atomic E-state index is 13.0. The van der Waals surface area contributed by atoms with Crippen molar-refractivity contribution in [2.45, 2.75) is 18.2 Å². The van der Waals surface area contributed by atoms with Gasteiger partial charge in [0.15, 0.2) is 12.4 Å². The molecule has 0 radical (unpaired) electrons. The second kappa shape index (κ2) is 11.5. The van der Waals surface area contributed by atoms with E-state index >= 15 is 0 Å². The Morgan fingerprint density at radius 2 is 1.70 bits per heavy atom. The fourth-order valence-corrected chi connectivity index (χ4v) is 4.57. The first-order valence-electron chi connectivity index (χ1n) is 10.1. The highest BCUT2D eigenvalue weighted by Crippen LogP contribution is 2.31. The van der Waals surface area contributed by atoms with Gasteiger partial charge in [0.05, 0.1) is 18.4 Å². The van der Waals surface area contributed by atoms with Crippen LogP contribution in [-0.4, -0.2) is 42.2 Å². The Labute approximate surface area is 199 Å². The van der Waals surface area contributed by atoms with Crippen LogP contribution in [0.1, 0.15) is 27.7 Å². The normalized spacial score (nSPS) is 10.5. The molecule has 1 heterocycles. The standard InChI is InChI=1S/C24H23NO6S2/c1-3-18-12-20(23(29)15-4-6-16(30-2)7-5-15)24(33-18)25-21(26)14-32-19-10-8-17(9-11-19)31-13-22(27)28/h4-12H,3,13-14H2,1-2H3,(H,25,26)(H,27,28). The molecule has 0 fully saturated rings. The summed E-state index contributed by atoms with van der Waals surface area (Å²) >= 11 is 2.73. The van der Waals surface area contributed by atoms with Crippen LogP contribution in [0.25, 0.3) is 0 Å². The van der Waals surface area contributed by atoms with E-state index in [1.165, 1.54) is 23.1 Å². The third-order valence-electron chi connectivity index (χ3n) is 4.54. The van der Waals surface area contributed by atoms with Crippen LogP contribution in [0.4, 0.5) is 5.00 Å². The van der Waals surface area contributed by atoms with Crippen LogP contribution in [0.5, 0.6) is 11.5 Å². The molecule has 1 aromatic heterocycles. The van der Waals surface area contributed by atoms with Crippen molar-refractivity contribution in [3.8, 4) is 11.5 Å². The number of carbonyl (C=O) groups is 3. The Hall–Kier alpha value is -3.30. The molecule has 0 aliphatic rings. The van der Waals surface area contributed by atoms with Crippen molar-refractivity contribution in [1.82, 2.24) is 0 Å². The third-order valence-corrected chi connectivity index (χ3v) is 6.74. The molecule has 0 atom stereocenters. The number of nitrogens with one attached hydrogen (secondary N) is 1. The number of thioether (sulfide) groups is 1. The highest BCUT2D eigenvalue weighted by molar-refractivity contribution is 8.00. The van der Waals surface area contributed by atoms with Crippen LogP contribution in [0.15, 0.2) is 59.5 Å². The molecule has 0 saturated heterocycles. The van der Waals surface area contributed by atoms with Gasteiger partial charge in [-0.25, -0.2) is 4.79 Å². The Morgan fingerprint density at radius 3 is 2.30 bits per heavy atom. The average molecular weight is 486 g/mol. The molecule has 0 aliphatic heterocycles. The number of carboxylic acids is 1. The van der Waals surface area contributed by atoms with Gasteiger partial charge in [-0.05, 0) is 61.0 Å². The van der Waals surface area contributed by atoms with Crippen LogP contribution < -0.4 is 14.8 Å². The number of rotatable bonds is 11. The fourth-order valence-electron chi connectivity index (χ4n) is 2.86. The number of hydrogen-bond donors (Lipinski definition) is 2. The van der Waals surface area contributed by atoms with E-state index < -0.39 is 12.6 Å². The number of aryl methyl sites for hydroxylation is 1. The number of thiophene rings is 1. The summed E-state index contributed by atoms with van der Waals surface area (Å²) in [5, 5.41) is 12.1. The van der Waals surface area contributed by atoms with Crippen LogP contribution in [-0.2, 0) is 16.0 Å². The Bertz CT molecular complexity index is 1120. The lowest BCUT2D eigenvalue weighted by molar-refractivity contribution is -0.139. The zero-order chi connectivity index (χ0) is 23.8. The molecule has 1 amide bonds. The number of carboxylic acid groups (broad SMARTS) is 1. The molecule has 0 unspecified atom stereocenters. The van der Waals surface area contributed by atoms with Crippen LogP contribution in [0, 0.1) is 0 Å². The molecule has 2 aromatic carbocycles. The summed E-state index contributed by atoms with van der Waals surface area (Å²) in [5.41, 5.74) is 0.992. The van der Waals surface area contributed by atoms with Crippen LogP contribution >= 0.6 is 23.1 Å². The summed E-state index contributed by atoms with van der Waals surface area (Å²) in [6.07, 6.45) is 0.758. The van der Waals surface area contributed by atoms with Gasteiger partial charge in [-0.1, -0.05) is 6.92 Å². The first-order valence-corrected chi connectivity index (χ1v) is 11.9. The highest BCUT2D eigenvalue weighted by Gasteiger charge is 2.19. The van der Waals surface area contributed by atoms with Crippen molar-refractivity contribution in [1.29, 1.82) is 0 Å². The van der Waals surface area contributed by atoms with Crippen molar-refractivity contribution >= 4 is 45.8 Å². The van der Waals surface area contributed by atoms with Crippen molar-refractivity contribution in [3.63, 3.8) is 0 Å². The molecular formula is C24H23NO6S2. The van der Waals surface area contributed by atoms with Gasteiger partial charge in [-0.15, -0.1) is 23.1 Å². The second-order valence-electron chi connectivity index (χ2n) is 6.86. The average Bonchev–Trinajstić information content (AvgIpc) is 3.24. The molecule has 7 nitrogen and oxygen atoms in total. The number of benzene rings is 2. The van der Waals surface area contributed by atoms with Crippen molar-refractivity contribution < 1.29 is 29.0 Å². The van der Waals surface area contributed by atoms with E-state index in [-0.39, 0.29) is 17.4 Å². The summed E-state index contributed by atoms with van der Waals surface area (Å²) in [5.74, 6) is -0.162. The van der Waals surface area contributed by atoms with E-state index in [4.69, 9.17) is 14.6 Å². The predicted molar refractivity (Wildman–Crippen MR) is 129 cm³/mol. The molecule has 0 spiro atoms. The topological polar surface area (TPSA) is 102 Å². The maximum Gasteiger partial charge on any atom is 0.341 e. The first kappa shape index (κ1) is 24.3. The third kappa shape index (κ3) is 6.84. The SMILES string of the molecule is CCc1cc(C(=O)c2ccc(OC)cc2)c(NC(=O)CSc2ccc(OCC(=O)O)cc2)s1. The lowest BCUT2D eigenvalue weighted by Gasteiger charge is -2.07. The Kier molecular flexibility index (Phi) is 8.51. The van der Waals surface area contributed by atoms with E-state index in [2.05, 4.69) is 5.32 Å². The molecule has 9 heteroatoms. The summed E-state index contributed by atoms with van der Waals surface area (Å²) in [6.45, 7) is 1.59. The molecule has 33 heavy (non-hydrogen) atoms. The van der Waals surface area contributed by atoms with Gasteiger partial charge in [-0.3, -0.25) is 9.59 Å². The number of methoxy groups -OCH3 is 1. The molecule has 3 rings (SSSR count). The maximum atomic E-state index is 13.0. The lowest BCUT2D eigenvalue weighted by atomic mass is 10.0. The Morgan fingerprint density at radius 1 is 1.03 bits per heavy atom. The Balaban J connectivity index is 1.63. The van der Waals surface area contributed by atoms with E-state index in [9.17, 15) is 14.4 Å². The molecule has 0 bridgehead atoms. The summed E-state index contributed by atoms with van der Waals surface area (Å²) in [7, 11) is 1.57. The van der Waals surface area contributed by atoms with Crippen molar-refractivity contribution in [2.75, 3.05) is 24.8 Å². The summed E-state index contributed by atoms with van der Waals surface area (Å²) < 4.78 is 10.2. The lowest BCUT2D eigenvalue weighted by Crippen LogP contribution is -2.15. The molecule has 0 aliphatic carbocycles. The van der Waals surface area contributed by atoms with E-state index in [1.54, 1.807) is 55.6 Å². The highest BCUT2D eigenvalue weighted by atomic mass is 32.2.